The maximum atomic E-state index is 13.5. The molecule has 8 heteroatoms. The van der Waals surface area contributed by atoms with Gasteiger partial charge in [0.05, 0.1) is 16.3 Å². The van der Waals surface area contributed by atoms with Gasteiger partial charge in [0.25, 0.3) is 5.91 Å². The Hall–Kier alpha value is -3.03. The molecule has 1 fully saturated rings. The van der Waals surface area contributed by atoms with Crippen LogP contribution in [-0.4, -0.2) is 21.9 Å². The van der Waals surface area contributed by atoms with Crippen molar-refractivity contribution in [3.8, 4) is 11.3 Å². The van der Waals surface area contributed by atoms with Crippen molar-refractivity contribution in [2.45, 2.75) is 52.1 Å². The molecule has 2 heterocycles. The number of primary amides is 1. The lowest BCUT2D eigenvalue weighted by Crippen LogP contribution is -2.27. The predicted octanol–water partition coefficient (Wildman–Crippen LogP) is 5.34. The van der Waals surface area contributed by atoms with Crippen molar-refractivity contribution < 1.29 is 9.18 Å². The van der Waals surface area contributed by atoms with E-state index in [9.17, 15) is 9.18 Å². The van der Waals surface area contributed by atoms with Crippen LogP contribution in [0.25, 0.3) is 11.3 Å². The van der Waals surface area contributed by atoms with Gasteiger partial charge in [-0.2, -0.15) is 0 Å². The summed E-state index contributed by atoms with van der Waals surface area (Å²) in [4.78, 5) is 21.1. The number of amides is 1. The summed E-state index contributed by atoms with van der Waals surface area (Å²) >= 11 is 6.46. The number of rotatable bonds is 7. The second-order valence-electron chi connectivity index (χ2n) is 8.58. The first kappa shape index (κ1) is 25.6. The van der Waals surface area contributed by atoms with Crippen molar-refractivity contribution in [1.29, 1.82) is 0 Å². The number of carbonyl (C=O) groups excluding carboxylic acids is 1. The summed E-state index contributed by atoms with van der Waals surface area (Å²) in [6.45, 7) is 0.285. The van der Waals surface area contributed by atoms with Crippen molar-refractivity contribution >= 4 is 23.3 Å². The standard InChI is InChI=1S/C25H27ClFN5O.CH4/c26-22-14-30-19(11-15-4-6-18(28)7-5-15)12-21(22)23-9-8-20(24(29)33)25(32-23)31-13-16-2-1-3-17(27)10-16;/h1-3,8-10,12,14-15,18H,4-7,11,13,28H2,(H2,29,33)(H,31,32);1H4. The molecule has 4 rings (SSSR count). The van der Waals surface area contributed by atoms with Crippen LogP contribution in [0, 0.1) is 11.7 Å². The second kappa shape index (κ2) is 11.4. The molecule has 0 radical (unpaired) electrons. The Bertz CT molecular complexity index is 1150. The first-order chi connectivity index (χ1) is 15.9. The highest BCUT2D eigenvalue weighted by Gasteiger charge is 2.20. The molecule has 34 heavy (non-hydrogen) atoms. The summed E-state index contributed by atoms with van der Waals surface area (Å²) in [6, 6.07) is 11.8. The first-order valence-electron chi connectivity index (χ1n) is 11.1. The van der Waals surface area contributed by atoms with Crippen LogP contribution in [-0.2, 0) is 13.0 Å². The number of hydrogen-bond acceptors (Lipinski definition) is 5. The van der Waals surface area contributed by atoms with E-state index in [1.807, 2.05) is 6.07 Å². The van der Waals surface area contributed by atoms with Crippen LogP contribution in [0.15, 0.2) is 48.7 Å². The zero-order valence-electron chi connectivity index (χ0n) is 18.2. The molecule has 0 bridgehead atoms. The SMILES string of the molecule is C.NC(=O)c1ccc(-c2cc(CC3CCC(N)CC3)ncc2Cl)nc1NCc1cccc(F)c1. The number of nitrogens with one attached hydrogen (secondary N) is 1. The molecular formula is C26H31ClFN5O. The van der Waals surface area contributed by atoms with E-state index in [1.165, 1.54) is 12.1 Å². The molecule has 5 N–H and O–H groups in total. The van der Waals surface area contributed by atoms with Gasteiger partial charge in [-0.15, -0.1) is 0 Å². The minimum absolute atomic E-state index is 0. The molecule has 0 saturated heterocycles. The van der Waals surface area contributed by atoms with Gasteiger partial charge in [0.1, 0.15) is 11.6 Å². The van der Waals surface area contributed by atoms with E-state index in [-0.39, 0.29) is 25.4 Å². The Kier molecular flexibility index (Phi) is 8.58. The maximum absolute atomic E-state index is 13.5. The quantitative estimate of drug-likeness (QED) is 0.420. The van der Waals surface area contributed by atoms with Crippen molar-refractivity contribution in [2.75, 3.05) is 5.32 Å². The third-order valence-electron chi connectivity index (χ3n) is 6.09. The van der Waals surface area contributed by atoms with Gasteiger partial charge >= 0.3 is 0 Å². The molecule has 0 unspecified atom stereocenters. The molecule has 0 atom stereocenters. The van der Waals surface area contributed by atoms with E-state index in [2.05, 4.69) is 15.3 Å². The molecule has 180 valence electrons. The number of nitrogens with zero attached hydrogens (tertiary/aromatic N) is 2. The number of halogens is 2. The number of pyridine rings is 2. The third-order valence-corrected chi connectivity index (χ3v) is 6.39. The van der Waals surface area contributed by atoms with E-state index >= 15 is 0 Å². The lowest BCUT2D eigenvalue weighted by molar-refractivity contribution is 0.100. The van der Waals surface area contributed by atoms with E-state index in [0.717, 1.165) is 43.4 Å². The maximum Gasteiger partial charge on any atom is 0.252 e. The van der Waals surface area contributed by atoms with Crippen LogP contribution in [0.2, 0.25) is 5.02 Å². The number of nitrogens with two attached hydrogens (primary N) is 2. The molecule has 0 spiro atoms. The number of anilines is 1. The van der Waals surface area contributed by atoms with Crippen LogP contribution in [0.4, 0.5) is 10.2 Å². The Balaban J connectivity index is 0.00000324. The topological polar surface area (TPSA) is 107 Å². The Morgan fingerprint density at radius 2 is 1.91 bits per heavy atom. The van der Waals surface area contributed by atoms with Gasteiger partial charge in [-0.3, -0.25) is 9.78 Å². The zero-order valence-corrected chi connectivity index (χ0v) is 19.0. The summed E-state index contributed by atoms with van der Waals surface area (Å²) in [6.07, 6.45) is 6.79. The van der Waals surface area contributed by atoms with Crippen LogP contribution in [0.5, 0.6) is 0 Å². The zero-order chi connectivity index (χ0) is 23.4. The monoisotopic (exact) mass is 483 g/mol. The fraction of sp³-hybridized carbons (Fsp3) is 0.346. The Morgan fingerprint density at radius 1 is 1.15 bits per heavy atom. The number of hydrogen-bond donors (Lipinski definition) is 3. The highest BCUT2D eigenvalue weighted by molar-refractivity contribution is 6.33. The van der Waals surface area contributed by atoms with E-state index in [0.29, 0.717) is 34.1 Å². The highest BCUT2D eigenvalue weighted by Crippen LogP contribution is 2.31. The highest BCUT2D eigenvalue weighted by atomic mass is 35.5. The van der Waals surface area contributed by atoms with Crippen molar-refractivity contribution in [1.82, 2.24) is 9.97 Å². The van der Waals surface area contributed by atoms with Gasteiger partial charge in [0.2, 0.25) is 0 Å². The van der Waals surface area contributed by atoms with Crippen molar-refractivity contribution in [3.63, 3.8) is 0 Å². The van der Waals surface area contributed by atoms with Crippen LogP contribution >= 0.6 is 11.6 Å². The van der Waals surface area contributed by atoms with Gasteiger partial charge in [-0.1, -0.05) is 31.2 Å². The minimum Gasteiger partial charge on any atom is -0.365 e. The van der Waals surface area contributed by atoms with E-state index in [4.69, 9.17) is 23.1 Å². The van der Waals surface area contributed by atoms with Gasteiger partial charge in [0, 0.05) is 30.0 Å². The first-order valence-corrected chi connectivity index (χ1v) is 11.5. The molecule has 0 aliphatic heterocycles. The van der Waals surface area contributed by atoms with Gasteiger partial charge < -0.3 is 16.8 Å². The molecule has 6 nitrogen and oxygen atoms in total. The van der Waals surface area contributed by atoms with Gasteiger partial charge in [-0.05, 0) is 73.9 Å². The average molecular weight is 484 g/mol. The largest absolute Gasteiger partial charge is 0.365 e. The summed E-state index contributed by atoms with van der Waals surface area (Å²) < 4.78 is 13.5. The van der Waals surface area contributed by atoms with E-state index in [1.54, 1.807) is 30.5 Å². The van der Waals surface area contributed by atoms with Crippen molar-refractivity contribution in [2.24, 2.45) is 17.4 Å². The van der Waals surface area contributed by atoms with Crippen LogP contribution in [0.1, 0.15) is 54.7 Å². The minimum atomic E-state index is -0.604. The Morgan fingerprint density at radius 3 is 2.62 bits per heavy atom. The summed E-state index contributed by atoms with van der Waals surface area (Å²) in [7, 11) is 0. The molecule has 1 aromatic carbocycles. The number of aromatic nitrogens is 2. The third kappa shape index (κ3) is 6.30. The summed E-state index contributed by atoms with van der Waals surface area (Å²) in [5.74, 6) is -0.0602. The average Bonchev–Trinajstić information content (AvgIpc) is 2.80. The molecular weight excluding hydrogens is 453 g/mol. The molecule has 1 amide bonds. The van der Waals surface area contributed by atoms with Crippen LogP contribution < -0.4 is 16.8 Å². The number of carbonyl (C=O) groups is 1. The molecule has 3 aromatic rings. The fourth-order valence-electron chi connectivity index (χ4n) is 4.25. The predicted molar refractivity (Wildman–Crippen MR) is 135 cm³/mol. The lowest BCUT2D eigenvalue weighted by Gasteiger charge is -2.25. The van der Waals surface area contributed by atoms with Gasteiger partial charge in [0.15, 0.2) is 0 Å². The van der Waals surface area contributed by atoms with E-state index < -0.39 is 5.91 Å². The number of benzene rings is 1. The summed E-state index contributed by atoms with van der Waals surface area (Å²) in [5.41, 5.74) is 14.8. The lowest BCUT2D eigenvalue weighted by atomic mass is 9.83. The smallest absolute Gasteiger partial charge is 0.252 e. The normalized spacial score (nSPS) is 17.6. The second-order valence-corrected chi connectivity index (χ2v) is 8.99. The van der Waals surface area contributed by atoms with Gasteiger partial charge in [-0.25, -0.2) is 9.37 Å². The van der Waals surface area contributed by atoms with Crippen molar-refractivity contribution in [3.05, 3.63) is 76.3 Å². The van der Waals surface area contributed by atoms with Crippen LogP contribution in [0.3, 0.4) is 0 Å². The molecule has 2 aromatic heterocycles. The molecule has 1 saturated carbocycles. The molecule has 1 aliphatic rings. The molecule has 1 aliphatic carbocycles. The summed E-state index contributed by atoms with van der Waals surface area (Å²) in [5, 5.41) is 3.58. The fourth-order valence-corrected chi connectivity index (χ4v) is 4.45. The Labute approximate surface area is 204 Å².